The average molecular weight is 167 g/mol. The molecule has 0 amide bonds. The van der Waals surface area contributed by atoms with E-state index in [1.54, 1.807) is 0 Å². The first kappa shape index (κ1) is 11.1. The van der Waals surface area contributed by atoms with Crippen LogP contribution in [0.5, 0.6) is 0 Å². The number of benzene rings is 1. The van der Waals surface area contributed by atoms with Crippen LogP contribution in [-0.2, 0) is 0 Å². The molecule has 1 aromatic carbocycles. The van der Waals surface area contributed by atoms with E-state index in [1.165, 1.54) is 16.7 Å². The van der Waals surface area contributed by atoms with Crippen LogP contribution < -0.4 is 10.8 Å². The van der Waals surface area contributed by atoms with Gasteiger partial charge in [-0.25, -0.2) is 0 Å². The Labute approximate surface area is 74.0 Å². The Morgan fingerprint density at radius 2 is 1.50 bits per heavy atom. The summed E-state index contributed by atoms with van der Waals surface area (Å²) >= 11 is 0. The molecule has 3 N–H and O–H groups in total. The van der Waals surface area contributed by atoms with Crippen LogP contribution in [0.15, 0.2) is 12.1 Å². The molecule has 0 unspecified atom stereocenters. The fraction of sp³-hybridized carbons (Fsp3) is 0.400. The summed E-state index contributed by atoms with van der Waals surface area (Å²) in [6.07, 6.45) is 0. The fourth-order valence-corrected chi connectivity index (χ4v) is 1.01. The number of hydrogen-bond donors (Lipinski definition) is 1. The van der Waals surface area contributed by atoms with Crippen LogP contribution in [-0.4, -0.2) is 7.11 Å². The van der Waals surface area contributed by atoms with Gasteiger partial charge in [0.2, 0.25) is 0 Å². The molecule has 0 aliphatic rings. The van der Waals surface area contributed by atoms with E-state index in [-0.39, 0.29) is 0 Å². The first-order chi connectivity index (χ1) is 5.63. The molecule has 2 heteroatoms. The Kier molecular flexibility index (Phi) is 4.55. The molecule has 1 rings (SSSR count). The Morgan fingerprint density at radius 3 is 1.92 bits per heavy atom. The van der Waals surface area contributed by atoms with E-state index < -0.39 is 0 Å². The minimum atomic E-state index is 0.750. The summed E-state index contributed by atoms with van der Waals surface area (Å²) in [6.45, 7) is 6.38. The second kappa shape index (κ2) is 4.91. The van der Waals surface area contributed by atoms with E-state index >= 15 is 0 Å². The van der Waals surface area contributed by atoms with Gasteiger partial charge in [-0.3, -0.25) is 0 Å². The van der Waals surface area contributed by atoms with Crippen molar-refractivity contribution in [3.8, 4) is 0 Å². The van der Waals surface area contributed by atoms with Crippen molar-refractivity contribution in [2.24, 2.45) is 0 Å². The molecule has 0 aliphatic carbocycles. The lowest BCUT2D eigenvalue weighted by Gasteiger charge is -2.03. The van der Waals surface area contributed by atoms with Crippen LogP contribution in [0.25, 0.3) is 0 Å². The summed E-state index contributed by atoms with van der Waals surface area (Å²) < 4.78 is 0. The molecule has 68 valence electrons. The number of aryl methyl sites for hydroxylation is 1. The maximum absolute atomic E-state index is 8.25. The highest BCUT2D eigenvalue weighted by atomic mass is 16.2. The van der Waals surface area contributed by atoms with Gasteiger partial charge in [-0.15, -0.1) is 0 Å². The zero-order valence-corrected chi connectivity index (χ0v) is 8.27. The van der Waals surface area contributed by atoms with Crippen LogP contribution >= 0.6 is 0 Å². The summed E-state index contributed by atoms with van der Waals surface area (Å²) in [7, 11) is 0.750. The Balaban J connectivity index is 0.000000561. The number of rotatable bonds is 0. The molecule has 0 fully saturated rings. The molecular weight excluding hydrogens is 150 g/mol. The van der Waals surface area contributed by atoms with Gasteiger partial charge >= 0.3 is 0 Å². The van der Waals surface area contributed by atoms with Crippen LogP contribution in [0.2, 0.25) is 0 Å². The normalized spacial score (nSPS) is 8.83. The lowest BCUT2D eigenvalue weighted by molar-refractivity contribution is -0.325. The predicted molar refractivity (Wildman–Crippen MR) is 49.1 cm³/mol. The van der Waals surface area contributed by atoms with Crippen molar-refractivity contribution < 1.29 is 10.8 Å². The molecule has 0 saturated heterocycles. The maximum Gasteiger partial charge on any atom is 0.131 e. The summed E-state index contributed by atoms with van der Waals surface area (Å²) in [5, 5.41) is 8.25. The highest BCUT2D eigenvalue weighted by molar-refractivity contribution is 5.46. The third-order valence-electron chi connectivity index (χ3n) is 2.17. The predicted octanol–water partition coefficient (Wildman–Crippen LogP) is 0.462. The topological polar surface area (TPSA) is 50.7 Å². The van der Waals surface area contributed by atoms with Gasteiger partial charge in [0.1, 0.15) is 5.69 Å². The van der Waals surface area contributed by atoms with Gasteiger partial charge in [0.05, 0.1) is 0 Å². The van der Waals surface area contributed by atoms with Crippen LogP contribution in [0.3, 0.4) is 0 Å². The van der Waals surface area contributed by atoms with Gasteiger partial charge in [-0.2, -0.15) is 7.11 Å². The summed E-state index contributed by atoms with van der Waals surface area (Å²) in [4.78, 5) is 0. The Morgan fingerprint density at radius 1 is 1.00 bits per heavy atom. The van der Waals surface area contributed by atoms with E-state index in [0.29, 0.717) is 0 Å². The first-order valence-electron chi connectivity index (χ1n) is 3.92. The van der Waals surface area contributed by atoms with E-state index in [9.17, 15) is 0 Å². The monoisotopic (exact) mass is 167 g/mol. The van der Waals surface area contributed by atoms with Crippen LogP contribution in [0.1, 0.15) is 16.7 Å². The van der Waals surface area contributed by atoms with Crippen molar-refractivity contribution in [2.45, 2.75) is 20.8 Å². The van der Waals surface area contributed by atoms with Crippen molar-refractivity contribution in [1.29, 1.82) is 0 Å². The molecule has 0 aliphatic heterocycles. The molecule has 0 bridgehead atoms. The SMILES string of the molecule is C[O-].Cc1ccc([NH3+])c(C)c1C. The highest BCUT2D eigenvalue weighted by Gasteiger charge is 2.01. The molecule has 2 nitrogen and oxygen atoms in total. The van der Waals surface area contributed by atoms with Crippen molar-refractivity contribution >= 4 is 5.69 Å². The van der Waals surface area contributed by atoms with Gasteiger partial charge < -0.3 is 10.8 Å². The van der Waals surface area contributed by atoms with E-state index in [2.05, 4.69) is 38.6 Å². The highest BCUT2D eigenvalue weighted by Crippen LogP contribution is 2.16. The Hall–Kier alpha value is -0.860. The minimum absolute atomic E-state index is 0.750. The summed E-state index contributed by atoms with van der Waals surface area (Å²) in [6, 6.07) is 4.18. The molecule has 0 aromatic heterocycles. The quantitative estimate of drug-likeness (QED) is 0.599. The molecular formula is C10H17NO. The summed E-state index contributed by atoms with van der Waals surface area (Å²) in [5.41, 5.74) is 9.10. The molecule has 1 aromatic rings. The lowest BCUT2D eigenvalue weighted by atomic mass is 10.0. The van der Waals surface area contributed by atoms with Gasteiger partial charge in [-0.05, 0) is 38.0 Å². The van der Waals surface area contributed by atoms with E-state index in [1.807, 2.05) is 0 Å². The number of hydrogen-bond acceptors (Lipinski definition) is 1. The molecule has 0 spiro atoms. The van der Waals surface area contributed by atoms with Gasteiger partial charge in [0.25, 0.3) is 0 Å². The third-order valence-corrected chi connectivity index (χ3v) is 2.17. The van der Waals surface area contributed by atoms with Crippen LogP contribution in [0, 0.1) is 20.8 Å². The first-order valence-corrected chi connectivity index (χ1v) is 3.92. The Bertz CT molecular complexity index is 229. The second-order valence-corrected chi connectivity index (χ2v) is 2.79. The molecule has 0 atom stereocenters. The van der Waals surface area contributed by atoms with Gasteiger partial charge in [0, 0.05) is 5.56 Å². The second-order valence-electron chi connectivity index (χ2n) is 2.79. The van der Waals surface area contributed by atoms with Crippen molar-refractivity contribution in [2.75, 3.05) is 7.11 Å². The lowest BCUT2D eigenvalue weighted by Crippen LogP contribution is -2.41. The smallest absolute Gasteiger partial charge is 0.131 e. The fourth-order valence-electron chi connectivity index (χ4n) is 1.01. The summed E-state index contributed by atoms with van der Waals surface area (Å²) in [5.74, 6) is 0. The largest absolute Gasteiger partial charge is 0.857 e. The zero-order valence-electron chi connectivity index (χ0n) is 8.27. The van der Waals surface area contributed by atoms with Gasteiger partial charge in [0.15, 0.2) is 0 Å². The van der Waals surface area contributed by atoms with Crippen molar-refractivity contribution in [1.82, 2.24) is 0 Å². The van der Waals surface area contributed by atoms with E-state index in [0.717, 1.165) is 12.8 Å². The molecule has 12 heavy (non-hydrogen) atoms. The maximum atomic E-state index is 8.25. The molecule has 0 heterocycles. The van der Waals surface area contributed by atoms with Gasteiger partial charge in [-0.1, -0.05) is 6.07 Å². The average Bonchev–Trinajstić information content (AvgIpc) is 2.12. The van der Waals surface area contributed by atoms with Crippen molar-refractivity contribution in [3.63, 3.8) is 0 Å². The van der Waals surface area contributed by atoms with Crippen molar-refractivity contribution in [3.05, 3.63) is 28.8 Å². The van der Waals surface area contributed by atoms with Crippen LogP contribution in [0.4, 0.5) is 5.69 Å². The third kappa shape index (κ3) is 2.32. The molecule has 0 saturated carbocycles. The number of quaternary nitrogens is 1. The zero-order chi connectivity index (χ0) is 9.72. The molecule has 0 radical (unpaired) electrons. The minimum Gasteiger partial charge on any atom is -0.857 e. The standard InChI is InChI=1S/C9H13N.CH3O/c1-6-4-5-9(10)8(3)7(6)2;1-2/h4-5H,10H2,1-3H3;1H3/q;-1/p+1. The van der Waals surface area contributed by atoms with E-state index in [4.69, 9.17) is 5.11 Å².